The average molecular weight is 375 g/mol. The molecule has 0 saturated heterocycles. The van der Waals surface area contributed by atoms with E-state index in [2.05, 4.69) is 5.09 Å². The van der Waals surface area contributed by atoms with Crippen molar-refractivity contribution >= 4 is 14.9 Å². The molecule has 0 radical (unpaired) electrons. The Bertz CT molecular complexity index is 664. The van der Waals surface area contributed by atoms with E-state index in [1.807, 2.05) is 74.5 Å². The highest BCUT2D eigenvalue weighted by Gasteiger charge is 2.24. The number of ether oxygens (including phenoxy) is 2. The van der Waals surface area contributed by atoms with Gasteiger partial charge in [-0.1, -0.05) is 48.5 Å². The molecular weight excluding hydrogens is 349 g/mol. The van der Waals surface area contributed by atoms with Crippen LogP contribution in [0.2, 0.25) is 0 Å². The fourth-order valence-corrected chi connectivity index (χ4v) is 2.77. The molecule has 2 aromatic rings. The molecule has 0 fully saturated rings. The topological polar surface area (TPSA) is 56.8 Å². The average Bonchev–Trinajstić information content (AvgIpc) is 2.67. The van der Waals surface area contributed by atoms with Gasteiger partial charge >= 0.3 is 5.97 Å². The second-order valence-electron chi connectivity index (χ2n) is 6.48. The van der Waals surface area contributed by atoms with Crippen LogP contribution in [0, 0.1) is 0 Å². The van der Waals surface area contributed by atoms with E-state index in [4.69, 9.17) is 14.0 Å². The van der Waals surface area contributed by atoms with E-state index in [0.29, 0.717) is 6.42 Å². The molecule has 1 N–H and O–H groups in total. The Morgan fingerprint density at radius 3 is 2.31 bits per heavy atom. The molecule has 0 amide bonds. The maximum absolute atomic E-state index is 12.6. The van der Waals surface area contributed by atoms with E-state index in [-0.39, 0.29) is 21.5 Å². The second-order valence-corrected chi connectivity index (χ2v) is 7.17. The molecule has 5 nitrogen and oxygen atoms in total. The third kappa shape index (κ3) is 7.12. The quantitative estimate of drug-likeness (QED) is 0.506. The van der Waals surface area contributed by atoms with Crippen molar-refractivity contribution in [1.82, 2.24) is 5.09 Å². The molecule has 2 aromatic carbocycles. The lowest BCUT2D eigenvalue weighted by atomic mass is 10.1. The molecule has 0 saturated carbocycles. The summed E-state index contributed by atoms with van der Waals surface area (Å²) < 4.78 is 16.4. The number of hydrogen-bond donors (Lipinski definition) is 1. The predicted molar refractivity (Wildman–Crippen MR) is 105 cm³/mol. The van der Waals surface area contributed by atoms with Crippen LogP contribution in [0.4, 0.5) is 0 Å². The van der Waals surface area contributed by atoms with E-state index >= 15 is 0 Å². The molecule has 0 aliphatic carbocycles. The summed E-state index contributed by atoms with van der Waals surface area (Å²) >= 11 is 0. The highest BCUT2D eigenvalue weighted by molar-refractivity contribution is 7.30. The summed E-state index contributed by atoms with van der Waals surface area (Å²) in [5, 5.41) is 3.16. The third-order valence-electron chi connectivity index (χ3n) is 3.83. The zero-order chi connectivity index (χ0) is 18.8. The van der Waals surface area contributed by atoms with Gasteiger partial charge in [0.15, 0.2) is 0 Å². The van der Waals surface area contributed by atoms with E-state index in [0.717, 1.165) is 11.3 Å². The summed E-state index contributed by atoms with van der Waals surface area (Å²) in [6.07, 6.45) is 0.526. The first-order valence-corrected chi connectivity index (χ1v) is 9.39. The Kier molecular flexibility index (Phi) is 8.05. The predicted octanol–water partition coefficient (Wildman–Crippen LogP) is 3.74. The summed E-state index contributed by atoms with van der Waals surface area (Å²) in [6, 6.07) is 18.8. The molecule has 140 valence electrons. The normalized spacial score (nSPS) is 12.9. The summed E-state index contributed by atoms with van der Waals surface area (Å²) in [4.78, 5) is 12.6. The first-order chi connectivity index (χ1) is 12.5. The van der Waals surface area contributed by atoms with Crippen molar-refractivity contribution in [2.45, 2.75) is 31.9 Å². The Morgan fingerprint density at radius 2 is 1.69 bits per heavy atom. The van der Waals surface area contributed by atoms with Crippen LogP contribution in [0.15, 0.2) is 60.7 Å². The van der Waals surface area contributed by atoms with Crippen LogP contribution in [-0.4, -0.2) is 31.3 Å². The van der Waals surface area contributed by atoms with Crippen LogP contribution in [0.5, 0.6) is 5.75 Å². The molecule has 2 rings (SSSR count). The van der Waals surface area contributed by atoms with Gasteiger partial charge in [-0.25, -0.2) is 0 Å². The van der Waals surface area contributed by atoms with Gasteiger partial charge in [0.05, 0.1) is 5.60 Å². The first-order valence-electron chi connectivity index (χ1n) is 8.48. The van der Waals surface area contributed by atoms with E-state index in [9.17, 15) is 4.79 Å². The number of carbonyl (C=O) groups excluding carboxylic acids is 1. The Hall–Kier alpha value is -1.94. The second kappa shape index (κ2) is 10.3. The standard InChI is InChI=1S/C20H26NO4P/c1-20(2,23-3)15-24-19(22)18(14-16-10-6-4-7-11-16)21-26-25-17-12-8-5-9-13-17/h4-13,18,21,26H,14-15H2,1-3H3/t18-/m0/s1. The number of carbonyl (C=O) groups is 1. The van der Waals surface area contributed by atoms with Crippen LogP contribution in [-0.2, 0) is 20.7 Å². The molecule has 0 spiro atoms. The zero-order valence-electron chi connectivity index (χ0n) is 15.4. The van der Waals surface area contributed by atoms with E-state index in [1.54, 1.807) is 7.11 Å². The maximum atomic E-state index is 12.6. The molecule has 26 heavy (non-hydrogen) atoms. The van der Waals surface area contributed by atoms with Crippen LogP contribution in [0.1, 0.15) is 19.4 Å². The molecule has 0 aromatic heterocycles. The zero-order valence-corrected chi connectivity index (χ0v) is 16.4. The largest absolute Gasteiger partial charge is 0.461 e. The van der Waals surface area contributed by atoms with Crippen molar-refractivity contribution < 1.29 is 18.8 Å². The minimum atomic E-state index is -0.518. The van der Waals surface area contributed by atoms with E-state index < -0.39 is 11.6 Å². The van der Waals surface area contributed by atoms with Crippen molar-refractivity contribution in [3.63, 3.8) is 0 Å². The van der Waals surface area contributed by atoms with Crippen LogP contribution < -0.4 is 9.61 Å². The Morgan fingerprint density at radius 1 is 1.08 bits per heavy atom. The molecule has 1 unspecified atom stereocenters. The van der Waals surface area contributed by atoms with Crippen LogP contribution in [0.25, 0.3) is 0 Å². The molecule has 2 atom stereocenters. The summed E-state index contributed by atoms with van der Waals surface area (Å²) in [5.41, 5.74) is 0.535. The number of nitrogens with one attached hydrogen (secondary N) is 1. The fraction of sp³-hybridized carbons (Fsp3) is 0.350. The van der Waals surface area contributed by atoms with Gasteiger partial charge < -0.3 is 14.0 Å². The number of benzene rings is 2. The smallest absolute Gasteiger partial charge is 0.323 e. The fourth-order valence-electron chi connectivity index (χ4n) is 2.10. The first kappa shape index (κ1) is 20.4. The number of esters is 1. The Labute approximate surface area is 157 Å². The van der Waals surface area contributed by atoms with Gasteiger partial charge in [-0.3, -0.25) is 9.88 Å². The van der Waals surface area contributed by atoms with Crippen LogP contribution >= 0.6 is 8.96 Å². The summed E-state index contributed by atoms with van der Waals surface area (Å²) in [7, 11) is 1.54. The van der Waals surface area contributed by atoms with Crippen LogP contribution in [0.3, 0.4) is 0 Å². The van der Waals surface area contributed by atoms with Gasteiger partial charge in [0.25, 0.3) is 0 Å². The number of hydrogen-bond acceptors (Lipinski definition) is 5. The van der Waals surface area contributed by atoms with Gasteiger partial charge in [-0.05, 0) is 38.0 Å². The third-order valence-corrected chi connectivity index (χ3v) is 4.63. The molecule has 6 heteroatoms. The minimum Gasteiger partial charge on any atom is -0.461 e. The number of para-hydroxylation sites is 1. The summed E-state index contributed by atoms with van der Waals surface area (Å²) in [5.74, 6) is 0.439. The number of rotatable bonds is 10. The summed E-state index contributed by atoms with van der Waals surface area (Å²) in [6.45, 7) is 3.94. The van der Waals surface area contributed by atoms with Gasteiger partial charge in [-0.15, -0.1) is 0 Å². The molecule has 0 aliphatic rings. The lowest BCUT2D eigenvalue weighted by molar-refractivity contribution is -0.153. The van der Waals surface area contributed by atoms with Gasteiger partial charge in [0.1, 0.15) is 27.4 Å². The van der Waals surface area contributed by atoms with Crippen molar-refractivity contribution in [2.24, 2.45) is 0 Å². The monoisotopic (exact) mass is 375 g/mol. The molecule has 0 aliphatic heterocycles. The minimum absolute atomic E-state index is 0.0562. The molecule has 0 heterocycles. The van der Waals surface area contributed by atoms with Gasteiger partial charge in [-0.2, -0.15) is 0 Å². The van der Waals surface area contributed by atoms with Crippen molar-refractivity contribution in [2.75, 3.05) is 13.7 Å². The molecular formula is C20H26NO4P. The van der Waals surface area contributed by atoms with Crippen molar-refractivity contribution in [3.8, 4) is 5.75 Å². The van der Waals surface area contributed by atoms with E-state index in [1.165, 1.54) is 0 Å². The van der Waals surface area contributed by atoms with Crippen molar-refractivity contribution in [3.05, 3.63) is 66.2 Å². The lowest BCUT2D eigenvalue weighted by Gasteiger charge is -2.24. The highest BCUT2D eigenvalue weighted by atomic mass is 31.1. The maximum Gasteiger partial charge on any atom is 0.323 e. The highest BCUT2D eigenvalue weighted by Crippen LogP contribution is 2.19. The van der Waals surface area contributed by atoms with Gasteiger partial charge in [0, 0.05) is 7.11 Å². The van der Waals surface area contributed by atoms with Gasteiger partial charge in [0.2, 0.25) is 0 Å². The van der Waals surface area contributed by atoms with Crippen molar-refractivity contribution in [1.29, 1.82) is 0 Å². The lowest BCUT2D eigenvalue weighted by Crippen LogP contribution is -2.39. The molecule has 0 bridgehead atoms. The SMILES string of the molecule is COC(C)(C)COC(=O)[C@H](Cc1ccccc1)NPOc1ccccc1. The number of methoxy groups -OCH3 is 1. The Balaban J connectivity index is 1.95.